The van der Waals surface area contributed by atoms with Gasteiger partial charge in [-0.25, -0.2) is 0 Å². The largest absolute Gasteiger partial charge is 0.411 e. The van der Waals surface area contributed by atoms with E-state index in [1.807, 2.05) is 0 Å². The summed E-state index contributed by atoms with van der Waals surface area (Å²) in [4.78, 5) is 0.768. The zero-order valence-corrected chi connectivity index (χ0v) is 8.11. The molecule has 0 amide bonds. The van der Waals surface area contributed by atoms with E-state index in [0.29, 0.717) is 5.56 Å². The summed E-state index contributed by atoms with van der Waals surface area (Å²) in [5.41, 5.74) is 0.701. The van der Waals surface area contributed by atoms with Crippen molar-refractivity contribution in [3.05, 3.63) is 29.8 Å². The summed E-state index contributed by atoms with van der Waals surface area (Å²) >= 11 is 4.05. The molecule has 0 saturated carbocycles. The molecule has 1 nitrogen and oxygen atoms in total. The molecule has 0 aliphatic carbocycles. The number of rotatable bonds is 3. The van der Waals surface area contributed by atoms with Crippen LogP contribution >= 0.6 is 12.6 Å². The monoisotopic (exact) mass is 222 g/mol. The third-order valence-corrected chi connectivity index (χ3v) is 1.77. The lowest BCUT2D eigenvalue weighted by molar-refractivity contribution is -0.176. The molecule has 1 aromatic rings. The molecule has 0 unspecified atom stereocenters. The quantitative estimate of drug-likeness (QED) is 0.773. The van der Waals surface area contributed by atoms with Crippen molar-refractivity contribution in [3.63, 3.8) is 0 Å². The summed E-state index contributed by atoms with van der Waals surface area (Å²) in [6.07, 6.45) is -4.26. The third-order valence-electron chi connectivity index (χ3n) is 1.47. The average Bonchev–Trinajstić information content (AvgIpc) is 2.06. The molecule has 0 fully saturated rings. The molecule has 0 atom stereocenters. The fourth-order valence-corrected chi connectivity index (χ4v) is 1.03. The Balaban J connectivity index is 2.35. The number of halogens is 3. The summed E-state index contributed by atoms with van der Waals surface area (Å²) in [7, 11) is 0. The van der Waals surface area contributed by atoms with Gasteiger partial charge in [0.05, 0.1) is 6.61 Å². The zero-order valence-electron chi connectivity index (χ0n) is 7.21. The van der Waals surface area contributed by atoms with E-state index in [1.165, 1.54) is 0 Å². The highest BCUT2D eigenvalue weighted by Gasteiger charge is 2.27. The molecule has 78 valence electrons. The summed E-state index contributed by atoms with van der Waals surface area (Å²) in [5.74, 6) is 0. The Morgan fingerprint density at radius 1 is 1.14 bits per heavy atom. The van der Waals surface area contributed by atoms with Gasteiger partial charge >= 0.3 is 6.18 Å². The molecule has 0 bridgehead atoms. The Kier molecular flexibility index (Phi) is 3.83. The van der Waals surface area contributed by atoms with Gasteiger partial charge in [0.1, 0.15) is 6.61 Å². The number of alkyl halides is 3. The molecule has 1 rings (SSSR count). The van der Waals surface area contributed by atoms with Crippen LogP contribution in [0.4, 0.5) is 13.2 Å². The van der Waals surface area contributed by atoms with Crippen LogP contribution in [0.1, 0.15) is 5.56 Å². The molecular weight excluding hydrogens is 213 g/mol. The molecule has 0 heterocycles. The van der Waals surface area contributed by atoms with Crippen LogP contribution in [0.3, 0.4) is 0 Å². The average molecular weight is 222 g/mol. The fraction of sp³-hybridized carbons (Fsp3) is 0.333. The van der Waals surface area contributed by atoms with Gasteiger partial charge in [-0.05, 0) is 17.7 Å². The van der Waals surface area contributed by atoms with E-state index in [-0.39, 0.29) is 6.61 Å². The van der Waals surface area contributed by atoms with E-state index in [1.54, 1.807) is 24.3 Å². The zero-order chi connectivity index (χ0) is 10.6. The van der Waals surface area contributed by atoms with Crippen LogP contribution in [0.15, 0.2) is 29.2 Å². The molecule has 1 aromatic carbocycles. The van der Waals surface area contributed by atoms with Gasteiger partial charge in [-0.1, -0.05) is 12.1 Å². The normalized spacial score (nSPS) is 11.7. The second-order valence-electron chi connectivity index (χ2n) is 2.77. The van der Waals surface area contributed by atoms with Gasteiger partial charge in [0.2, 0.25) is 0 Å². The number of thiol groups is 1. The van der Waals surface area contributed by atoms with E-state index in [0.717, 1.165) is 4.90 Å². The van der Waals surface area contributed by atoms with Crippen LogP contribution in [0.25, 0.3) is 0 Å². The Morgan fingerprint density at radius 2 is 1.71 bits per heavy atom. The van der Waals surface area contributed by atoms with E-state index >= 15 is 0 Å². The molecule has 0 aromatic heterocycles. The second-order valence-corrected chi connectivity index (χ2v) is 3.29. The number of benzene rings is 1. The standard InChI is InChI=1S/C9H9F3OS/c10-9(11,12)6-13-5-7-1-3-8(14)4-2-7/h1-4,14H,5-6H2. The first-order valence-corrected chi connectivity index (χ1v) is 4.34. The van der Waals surface area contributed by atoms with Crippen molar-refractivity contribution in [2.24, 2.45) is 0 Å². The van der Waals surface area contributed by atoms with Crippen LogP contribution in [0.5, 0.6) is 0 Å². The molecule has 0 N–H and O–H groups in total. The minimum absolute atomic E-state index is 0.0342. The maximum atomic E-state index is 11.7. The first-order valence-electron chi connectivity index (χ1n) is 3.90. The first-order chi connectivity index (χ1) is 6.47. The topological polar surface area (TPSA) is 9.23 Å². The predicted octanol–water partition coefficient (Wildman–Crippen LogP) is 3.05. The molecular formula is C9H9F3OS. The summed E-state index contributed by atoms with van der Waals surface area (Å²) in [6.45, 7) is -1.25. The minimum atomic E-state index is -4.26. The highest BCUT2D eigenvalue weighted by molar-refractivity contribution is 7.80. The lowest BCUT2D eigenvalue weighted by Gasteiger charge is -2.07. The lowest BCUT2D eigenvalue weighted by Crippen LogP contribution is -2.16. The van der Waals surface area contributed by atoms with Crippen LogP contribution in [0, 0.1) is 0 Å². The summed E-state index contributed by atoms with van der Waals surface area (Å²) < 4.78 is 39.5. The Labute approximate surface area is 85.3 Å². The summed E-state index contributed by atoms with van der Waals surface area (Å²) in [5, 5.41) is 0. The molecule has 0 spiro atoms. The van der Waals surface area contributed by atoms with Gasteiger partial charge in [-0.15, -0.1) is 12.6 Å². The molecule has 0 radical (unpaired) electrons. The number of ether oxygens (including phenoxy) is 1. The smallest absolute Gasteiger partial charge is 0.367 e. The highest BCUT2D eigenvalue weighted by Crippen LogP contribution is 2.16. The van der Waals surface area contributed by atoms with Gasteiger partial charge in [0.15, 0.2) is 0 Å². The molecule has 14 heavy (non-hydrogen) atoms. The Hall–Kier alpha value is -0.680. The second kappa shape index (κ2) is 4.70. The number of hydrogen-bond acceptors (Lipinski definition) is 2. The molecule has 0 aliphatic heterocycles. The van der Waals surface area contributed by atoms with Crippen LogP contribution in [0.2, 0.25) is 0 Å². The van der Waals surface area contributed by atoms with Crippen molar-refractivity contribution < 1.29 is 17.9 Å². The van der Waals surface area contributed by atoms with Gasteiger partial charge in [-0.3, -0.25) is 0 Å². The fourth-order valence-electron chi connectivity index (χ4n) is 0.877. The van der Waals surface area contributed by atoms with Crippen molar-refractivity contribution in [2.45, 2.75) is 17.7 Å². The highest BCUT2D eigenvalue weighted by atomic mass is 32.1. The maximum Gasteiger partial charge on any atom is 0.411 e. The first kappa shape index (κ1) is 11.4. The van der Waals surface area contributed by atoms with E-state index in [2.05, 4.69) is 17.4 Å². The Morgan fingerprint density at radius 3 is 2.21 bits per heavy atom. The maximum absolute atomic E-state index is 11.7. The van der Waals surface area contributed by atoms with E-state index < -0.39 is 12.8 Å². The van der Waals surface area contributed by atoms with Crippen LogP contribution in [-0.2, 0) is 11.3 Å². The van der Waals surface area contributed by atoms with Gasteiger partial charge in [0, 0.05) is 4.90 Å². The van der Waals surface area contributed by atoms with Gasteiger partial charge in [0.25, 0.3) is 0 Å². The minimum Gasteiger partial charge on any atom is -0.367 e. The van der Waals surface area contributed by atoms with E-state index in [9.17, 15) is 13.2 Å². The van der Waals surface area contributed by atoms with Gasteiger partial charge in [-0.2, -0.15) is 13.2 Å². The van der Waals surface area contributed by atoms with Crippen molar-refractivity contribution in [1.29, 1.82) is 0 Å². The molecule has 0 saturated heterocycles. The number of hydrogen-bond donors (Lipinski definition) is 1. The Bertz CT molecular complexity index is 281. The van der Waals surface area contributed by atoms with Gasteiger partial charge < -0.3 is 4.74 Å². The van der Waals surface area contributed by atoms with Crippen molar-refractivity contribution >= 4 is 12.6 Å². The molecule has 0 aliphatic rings. The van der Waals surface area contributed by atoms with E-state index in [4.69, 9.17) is 0 Å². The van der Waals surface area contributed by atoms with Crippen molar-refractivity contribution in [1.82, 2.24) is 0 Å². The SMILES string of the molecule is FC(F)(F)COCc1ccc(S)cc1. The van der Waals surface area contributed by atoms with Crippen LogP contribution in [-0.4, -0.2) is 12.8 Å². The lowest BCUT2D eigenvalue weighted by atomic mass is 10.2. The van der Waals surface area contributed by atoms with Crippen molar-refractivity contribution in [3.8, 4) is 0 Å². The third kappa shape index (κ3) is 4.53. The molecule has 5 heteroatoms. The summed E-state index contributed by atoms with van der Waals surface area (Å²) in [6, 6.07) is 6.77. The van der Waals surface area contributed by atoms with Crippen molar-refractivity contribution in [2.75, 3.05) is 6.61 Å². The van der Waals surface area contributed by atoms with Crippen LogP contribution < -0.4 is 0 Å². The predicted molar refractivity (Wildman–Crippen MR) is 49.4 cm³/mol.